The number of nitrogens with zero attached hydrogens (tertiary/aromatic N) is 1. The molecule has 0 bridgehead atoms. The zero-order valence-electron chi connectivity index (χ0n) is 11.3. The molecule has 0 saturated heterocycles. The van der Waals surface area contributed by atoms with Crippen LogP contribution >= 0.6 is 11.3 Å². The summed E-state index contributed by atoms with van der Waals surface area (Å²) in [5.74, 6) is 0.292. The summed E-state index contributed by atoms with van der Waals surface area (Å²) in [7, 11) is 0. The van der Waals surface area contributed by atoms with Crippen molar-refractivity contribution in [1.29, 1.82) is 0 Å². The fourth-order valence-electron chi connectivity index (χ4n) is 1.88. The lowest BCUT2D eigenvalue weighted by Gasteiger charge is -2.14. The molecule has 20 heavy (non-hydrogen) atoms. The van der Waals surface area contributed by atoms with Crippen molar-refractivity contribution in [2.45, 2.75) is 19.9 Å². The normalized spacial score (nSPS) is 11.9. The van der Waals surface area contributed by atoms with Crippen molar-refractivity contribution < 1.29 is 9.66 Å². The molecule has 0 fully saturated rings. The highest BCUT2D eigenvalue weighted by Crippen LogP contribution is 2.32. The van der Waals surface area contributed by atoms with Gasteiger partial charge in [-0.1, -0.05) is 6.07 Å². The largest absolute Gasteiger partial charge is 0.487 e. The van der Waals surface area contributed by atoms with Crippen LogP contribution in [0.2, 0.25) is 0 Å². The van der Waals surface area contributed by atoms with Crippen molar-refractivity contribution in [1.82, 2.24) is 0 Å². The number of anilines is 1. The summed E-state index contributed by atoms with van der Waals surface area (Å²) in [6.45, 7) is 4.25. The van der Waals surface area contributed by atoms with Gasteiger partial charge in [0.2, 0.25) is 0 Å². The Balaban J connectivity index is 2.20. The van der Waals surface area contributed by atoms with E-state index in [1.54, 1.807) is 30.4 Å². The van der Waals surface area contributed by atoms with Crippen molar-refractivity contribution in [3.8, 4) is 5.75 Å². The minimum atomic E-state index is -0.433. The molecule has 0 radical (unpaired) electrons. The monoisotopic (exact) mass is 292 g/mol. The van der Waals surface area contributed by atoms with Crippen LogP contribution in [0.15, 0.2) is 35.7 Å². The number of nitro groups is 1. The van der Waals surface area contributed by atoms with E-state index in [0.717, 1.165) is 5.69 Å². The highest BCUT2D eigenvalue weighted by molar-refractivity contribution is 7.10. The number of hydrogen-bond acceptors (Lipinski definition) is 5. The average Bonchev–Trinajstić information content (AvgIpc) is 2.93. The molecule has 1 N–H and O–H groups in total. The fraction of sp³-hybridized carbons (Fsp3) is 0.286. The summed E-state index contributed by atoms with van der Waals surface area (Å²) in [4.78, 5) is 11.7. The maximum absolute atomic E-state index is 10.9. The van der Waals surface area contributed by atoms with Crippen molar-refractivity contribution >= 4 is 22.7 Å². The average molecular weight is 292 g/mol. The number of rotatable bonds is 6. The van der Waals surface area contributed by atoms with Crippen LogP contribution in [0.4, 0.5) is 11.4 Å². The lowest BCUT2D eigenvalue weighted by molar-refractivity contribution is -0.385. The molecule has 5 nitrogen and oxygen atoms in total. The van der Waals surface area contributed by atoms with Crippen molar-refractivity contribution in [3.63, 3.8) is 0 Å². The van der Waals surface area contributed by atoms with Crippen LogP contribution in [-0.4, -0.2) is 11.5 Å². The van der Waals surface area contributed by atoms with Gasteiger partial charge in [-0.15, -0.1) is 11.3 Å². The molecule has 0 amide bonds. The van der Waals surface area contributed by atoms with Gasteiger partial charge in [0.15, 0.2) is 5.75 Å². The fourth-order valence-corrected chi connectivity index (χ4v) is 2.62. The van der Waals surface area contributed by atoms with Crippen LogP contribution < -0.4 is 10.1 Å². The molecule has 1 heterocycles. The molecule has 1 unspecified atom stereocenters. The van der Waals surface area contributed by atoms with Gasteiger partial charge in [0.1, 0.15) is 0 Å². The maximum atomic E-state index is 10.9. The van der Waals surface area contributed by atoms with E-state index < -0.39 is 4.92 Å². The zero-order chi connectivity index (χ0) is 14.5. The van der Waals surface area contributed by atoms with E-state index in [4.69, 9.17) is 4.74 Å². The molecule has 2 aromatic rings. The summed E-state index contributed by atoms with van der Waals surface area (Å²) in [6.07, 6.45) is 0. The Labute approximate surface area is 121 Å². The Hall–Kier alpha value is -2.08. The highest BCUT2D eigenvalue weighted by Gasteiger charge is 2.16. The first-order valence-corrected chi connectivity index (χ1v) is 7.21. The first-order valence-electron chi connectivity index (χ1n) is 6.33. The molecule has 2 rings (SSSR count). The van der Waals surface area contributed by atoms with E-state index in [-0.39, 0.29) is 11.7 Å². The SMILES string of the molecule is CCOc1cc(NC(C)c2cccs2)ccc1[N+](=O)[O-]. The molecule has 0 aliphatic heterocycles. The molecular formula is C14H16N2O3S. The van der Waals surface area contributed by atoms with E-state index >= 15 is 0 Å². The summed E-state index contributed by atoms with van der Waals surface area (Å²) in [5.41, 5.74) is 0.793. The van der Waals surface area contributed by atoms with Gasteiger partial charge < -0.3 is 10.1 Å². The quantitative estimate of drug-likeness (QED) is 0.639. The molecular weight excluding hydrogens is 276 g/mol. The van der Waals surface area contributed by atoms with E-state index in [1.165, 1.54) is 10.9 Å². The molecule has 0 aliphatic carbocycles. The van der Waals surface area contributed by atoms with Crippen LogP contribution in [0.1, 0.15) is 24.8 Å². The smallest absolute Gasteiger partial charge is 0.311 e. The second-order valence-electron chi connectivity index (χ2n) is 4.25. The number of hydrogen-bond donors (Lipinski definition) is 1. The van der Waals surface area contributed by atoms with Gasteiger partial charge in [-0.2, -0.15) is 0 Å². The Bertz CT molecular complexity index is 584. The van der Waals surface area contributed by atoms with Gasteiger partial charge in [-0.3, -0.25) is 10.1 Å². The first kappa shape index (κ1) is 14.3. The summed E-state index contributed by atoms with van der Waals surface area (Å²) < 4.78 is 5.33. The van der Waals surface area contributed by atoms with Crippen LogP contribution in [0, 0.1) is 10.1 Å². The Morgan fingerprint density at radius 1 is 1.45 bits per heavy atom. The third kappa shape index (κ3) is 3.27. The van der Waals surface area contributed by atoms with Crippen LogP contribution in [-0.2, 0) is 0 Å². The Kier molecular flexibility index (Phi) is 4.57. The van der Waals surface area contributed by atoms with Gasteiger partial charge >= 0.3 is 5.69 Å². The van der Waals surface area contributed by atoms with Crippen molar-refractivity contribution in [2.24, 2.45) is 0 Å². The minimum absolute atomic E-state index is 0.0128. The van der Waals surface area contributed by atoms with Crippen LogP contribution in [0.3, 0.4) is 0 Å². The van der Waals surface area contributed by atoms with Gasteiger partial charge in [0, 0.05) is 22.7 Å². The van der Waals surface area contributed by atoms with Gasteiger partial charge in [0.25, 0.3) is 0 Å². The third-order valence-electron chi connectivity index (χ3n) is 2.81. The molecule has 0 aliphatic rings. The first-order chi connectivity index (χ1) is 9.61. The van der Waals surface area contributed by atoms with Gasteiger partial charge in [-0.05, 0) is 31.4 Å². The highest BCUT2D eigenvalue weighted by atomic mass is 32.1. The zero-order valence-corrected chi connectivity index (χ0v) is 12.1. The number of thiophene rings is 1. The maximum Gasteiger partial charge on any atom is 0.311 e. The third-order valence-corrected chi connectivity index (χ3v) is 3.86. The number of nitro benzene ring substituents is 1. The topological polar surface area (TPSA) is 64.4 Å². The number of benzene rings is 1. The molecule has 1 atom stereocenters. The standard InChI is InChI=1S/C14H16N2O3S/c1-3-19-13-9-11(6-7-12(13)16(17)18)15-10(2)14-5-4-8-20-14/h4-10,15H,3H2,1-2H3. The Morgan fingerprint density at radius 2 is 2.25 bits per heavy atom. The lowest BCUT2D eigenvalue weighted by atomic mass is 10.2. The molecule has 1 aromatic heterocycles. The van der Waals surface area contributed by atoms with Gasteiger partial charge in [-0.25, -0.2) is 0 Å². The van der Waals surface area contributed by atoms with E-state index in [0.29, 0.717) is 12.4 Å². The summed E-state index contributed by atoms with van der Waals surface area (Å²) in [5, 5.41) is 16.3. The Morgan fingerprint density at radius 3 is 2.85 bits per heavy atom. The van der Waals surface area contributed by atoms with Crippen LogP contribution in [0.5, 0.6) is 5.75 Å². The molecule has 1 aromatic carbocycles. The molecule has 0 spiro atoms. The van der Waals surface area contributed by atoms with Crippen molar-refractivity contribution in [3.05, 3.63) is 50.7 Å². The van der Waals surface area contributed by atoms with Gasteiger partial charge in [0.05, 0.1) is 17.6 Å². The predicted octanol–water partition coefficient (Wildman–Crippen LogP) is 4.23. The van der Waals surface area contributed by atoms with E-state index in [9.17, 15) is 10.1 Å². The second-order valence-corrected chi connectivity index (χ2v) is 5.23. The summed E-state index contributed by atoms with van der Waals surface area (Å²) >= 11 is 1.67. The summed E-state index contributed by atoms with van der Waals surface area (Å²) in [6, 6.07) is 9.04. The lowest BCUT2D eigenvalue weighted by Crippen LogP contribution is -2.05. The van der Waals surface area contributed by atoms with E-state index in [2.05, 4.69) is 11.4 Å². The van der Waals surface area contributed by atoms with Crippen LogP contribution in [0.25, 0.3) is 0 Å². The predicted molar refractivity (Wildman–Crippen MR) is 80.6 cm³/mol. The minimum Gasteiger partial charge on any atom is -0.487 e. The molecule has 106 valence electrons. The number of ether oxygens (including phenoxy) is 1. The molecule has 0 saturated carbocycles. The molecule has 6 heteroatoms. The second kappa shape index (κ2) is 6.38. The van der Waals surface area contributed by atoms with E-state index in [1.807, 2.05) is 18.4 Å². The van der Waals surface area contributed by atoms with Crippen molar-refractivity contribution in [2.75, 3.05) is 11.9 Å². The number of nitrogens with one attached hydrogen (secondary N) is 1.